The van der Waals surface area contributed by atoms with Crippen molar-refractivity contribution in [3.63, 3.8) is 0 Å². The SMILES string of the molecule is CC[C@]12SS[C@@]3(C(=O)N1C)[C@@H](O)[C@]1([C@@]45c6ccccc6N[C@@H]4N4C(=O)[C@@]6(CC)SS[C@@]4(C(=O)N6C)[C@H]5O)c4ccccc4N[C@@H]1N3C2=O. The number of hydrogen-bond donors (Lipinski definition) is 4. The van der Waals surface area contributed by atoms with Crippen LogP contribution in [0.25, 0.3) is 0 Å². The summed E-state index contributed by atoms with van der Waals surface area (Å²) in [5.74, 6) is -1.40. The molecule has 12 rings (SSSR count). The van der Waals surface area contributed by atoms with Crippen LogP contribution in [-0.4, -0.2) is 112 Å². The van der Waals surface area contributed by atoms with Gasteiger partial charge < -0.3 is 30.6 Å². The van der Waals surface area contributed by atoms with Gasteiger partial charge in [0.1, 0.15) is 24.5 Å². The number of anilines is 2. The van der Waals surface area contributed by atoms with Crippen LogP contribution in [0.4, 0.5) is 11.4 Å². The number of benzene rings is 2. The van der Waals surface area contributed by atoms with E-state index in [1.807, 2.05) is 62.4 Å². The Morgan fingerprint density at radius 1 is 0.625 bits per heavy atom. The van der Waals surface area contributed by atoms with Gasteiger partial charge in [0.25, 0.3) is 23.6 Å². The van der Waals surface area contributed by atoms with Crippen molar-refractivity contribution < 1.29 is 29.4 Å². The number of para-hydroxylation sites is 2. The first-order chi connectivity index (χ1) is 23.0. The lowest BCUT2D eigenvalue weighted by Gasteiger charge is -2.59. The molecule has 0 saturated carbocycles. The predicted octanol–water partition coefficient (Wildman–Crippen LogP) is 2.11. The van der Waals surface area contributed by atoms with Crippen molar-refractivity contribution in [2.45, 2.75) is 81.5 Å². The van der Waals surface area contributed by atoms with Crippen LogP contribution in [0, 0.1) is 0 Å². The van der Waals surface area contributed by atoms with Gasteiger partial charge >= 0.3 is 0 Å². The number of nitrogens with one attached hydrogen (secondary N) is 2. The molecule has 48 heavy (non-hydrogen) atoms. The molecule has 8 saturated heterocycles. The highest BCUT2D eigenvalue weighted by Crippen LogP contribution is 2.78. The van der Waals surface area contributed by atoms with E-state index in [9.17, 15) is 29.4 Å². The van der Waals surface area contributed by atoms with Crippen molar-refractivity contribution >= 4 is 78.2 Å². The first-order valence-corrected chi connectivity index (χ1v) is 20.3. The number of nitrogens with zero attached hydrogens (tertiary/aromatic N) is 4. The van der Waals surface area contributed by atoms with E-state index < -0.39 is 66.7 Å². The monoisotopic (exact) mass is 724 g/mol. The average molecular weight is 725 g/mol. The number of carbonyl (C=O) groups excluding carboxylic acids is 4. The van der Waals surface area contributed by atoms with Crippen LogP contribution in [0.3, 0.4) is 0 Å². The summed E-state index contributed by atoms with van der Waals surface area (Å²) in [6.45, 7) is 3.74. The smallest absolute Gasteiger partial charge is 0.264 e. The van der Waals surface area contributed by atoms with Gasteiger partial charge in [0.05, 0.1) is 10.8 Å². The van der Waals surface area contributed by atoms with Gasteiger partial charge in [-0.3, -0.25) is 29.0 Å². The van der Waals surface area contributed by atoms with Crippen molar-refractivity contribution in [1.82, 2.24) is 19.6 Å². The molecule has 10 heterocycles. The van der Waals surface area contributed by atoms with E-state index in [0.717, 1.165) is 0 Å². The van der Waals surface area contributed by atoms with E-state index in [2.05, 4.69) is 10.6 Å². The zero-order chi connectivity index (χ0) is 33.6. The van der Waals surface area contributed by atoms with Crippen LogP contribution < -0.4 is 10.6 Å². The summed E-state index contributed by atoms with van der Waals surface area (Å²) in [7, 11) is 8.20. The van der Waals surface area contributed by atoms with E-state index in [1.165, 1.54) is 53.0 Å². The lowest BCUT2D eigenvalue weighted by molar-refractivity contribution is -0.167. The maximum atomic E-state index is 14.9. The molecule has 10 atom stereocenters. The molecule has 2 aromatic carbocycles. The highest BCUT2D eigenvalue weighted by Gasteiger charge is 2.93. The Bertz CT molecular complexity index is 1800. The molecule has 250 valence electrons. The molecular formula is C32H32N6O6S4. The molecule has 4 N–H and O–H groups in total. The number of aliphatic hydroxyl groups excluding tert-OH is 2. The average Bonchev–Trinajstić information content (AvgIpc) is 3.75. The van der Waals surface area contributed by atoms with Gasteiger partial charge in [0.15, 0.2) is 9.74 Å². The predicted molar refractivity (Wildman–Crippen MR) is 184 cm³/mol. The number of amides is 4. The molecule has 2 aromatic rings. The summed E-state index contributed by atoms with van der Waals surface area (Å²) in [6, 6.07) is 14.9. The largest absolute Gasteiger partial charge is 0.388 e. The van der Waals surface area contributed by atoms with Gasteiger partial charge in [0, 0.05) is 25.5 Å². The molecule has 8 fully saturated rings. The van der Waals surface area contributed by atoms with E-state index in [1.54, 1.807) is 23.9 Å². The normalized spacial score (nSPS) is 45.5. The third kappa shape index (κ3) is 2.48. The zero-order valence-corrected chi connectivity index (χ0v) is 29.6. The number of carbonyl (C=O) groups is 4. The highest BCUT2D eigenvalue weighted by molar-refractivity contribution is 8.78. The molecule has 4 bridgehead atoms. The Morgan fingerprint density at radius 2 is 1.00 bits per heavy atom. The number of hydrogen-bond acceptors (Lipinski definition) is 12. The highest BCUT2D eigenvalue weighted by atomic mass is 33.1. The lowest BCUT2D eigenvalue weighted by atomic mass is 9.52. The van der Waals surface area contributed by atoms with Crippen molar-refractivity contribution in [2.75, 3.05) is 24.7 Å². The van der Waals surface area contributed by atoms with Crippen LogP contribution in [0.1, 0.15) is 37.8 Å². The fourth-order valence-corrected chi connectivity index (χ4v) is 18.4. The second kappa shape index (κ2) is 8.75. The standard InChI is InChI=1S/C32H32N6O6S4/c1-5-27-23(41)37-21-29(15-11-7-9-13-17(15)33-21,19(39)31(37,47-45-27)25(43)35(27)3)30-16-12-8-10-14-18(16)34-22(30)38-24(42)28(6-2)36(4)26(44)32(38,20(30)40)48-46-28/h7-14,19-22,33-34,39-40H,5-6H2,1-4H3/t19-,20-,21+,22+,27+,28+,29+,30+,31+,32+/m0/s1. The van der Waals surface area contributed by atoms with Crippen molar-refractivity contribution in [2.24, 2.45) is 0 Å². The zero-order valence-electron chi connectivity index (χ0n) is 26.3. The number of fused-ring (bicyclic) bond motifs is 11. The topological polar surface area (TPSA) is 146 Å². The van der Waals surface area contributed by atoms with Gasteiger partial charge in [-0.15, -0.1) is 0 Å². The van der Waals surface area contributed by atoms with E-state index in [4.69, 9.17) is 0 Å². The van der Waals surface area contributed by atoms with Crippen LogP contribution in [0.5, 0.6) is 0 Å². The summed E-state index contributed by atoms with van der Waals surface area (Å²) in [5.41, 5.74) is -0.748. The van der Waals surface area contributed by atoms with Crippen LogP contribution in [0.15, 0.2) is 48.5 Å². The van der Waals surface area contributed by atoms with Gasteiger partial charge in [-0.2, -0.15) is 0 Å². The molecule has 0 unspecified atom stereocenters. The molecule has 0 aliphatic carbocycles. The number of piperazine rings is 2. The summed E-state index contributed by atoms with van der Waals surface area (Å²) in [4.78, 5) is 59.4. The Balaban J connectivity index is 1.34. The van der Waals surface area contributed by atoms with Gasteiger partial charge in [-0.1, -0.05) is 71.8 Å². The lowest BCUT2D eigenvalue weighted by Crippen LogP contribution is -2.78. The molecule has 12 nitrogen and oxygen atoms in total. The third-order valence-corrected chi connectivity index (χ3v) is 20.3. The Kier molecular flexibility index (Phi) is 5.48. The summed E-state index contributed by atoms with van der Waals surface area (Å²) < 4.78 is 0. The number of aliphatic hydroxyl groups is 2. The molecule has 2 spiro atoms. The molecule has 10 aliphatic rings. The summed E-state index contributed by atoms with van der Waals surface area (Å²) in [5, 5.41) is 33.9. The summed E-state index contributed by atoms with van der Waals surface area (Å²) in [6.07, 6.45) is -4.51. The van der Waals surface area contributed by atoms with Crippen molar-refractivity contribution in [1.29, 1.82) is 0 Å². The van der Waals surface area contributed by atoms with Crippen molar-refractivity contribution in [3.05, 3.63) is 59.7 Å². The number of likely N-dealkylation sites (N-methyl/N-ethyl adjacent to an activating group) is 2. The third-order valence-electron chi connectivity index (χ3n) is 12.7. The van der Waals surface area contributed by atoms with Gasteiger partial charge in [-0.05, 0) is 57.7 Å². The molecule has 16 heteroatoms. The second-order valence-electron chi connectivity index (χ2n) is 13.8. The van der Waals surface area contributed by atoms with E-state index in [0.29, 0.717) is 35.3 Å². The Morgan fingerprint density at radius 3 is 1.38 bits per heavy atom. The minimum Gasteiger partial charge on any atom is -0.388 e. The fourth-order valence-electron chi connectivity index (χ4n) is 10.5. The summed E-state index contributed by atoms with van der Waals surface area (Å²) >= 11 is 0. The maximum absolute atomic E-state index is 14.9. The van der Waals surface area contributed by atoms with Crippen LogP contribution >= 0.6 is 43.2 Å². The second-order valence-corrected chi connectivity index (χ2v) is 19.1. The minimum absolute atomic E-state index is 0.305. The molecule has 4 amide bonds. The molecule has 0 aromatic heterocycles. The minimum atomic E-state index is -1.76. The van der Waals surface area contributed by atoms with E-state index >= 15 is 0 Å². The molecular weight excluding hydrogens is 693 g/mol. The van der Waals surface area contributed by atoms with Crippen LogP contribution in [0.2, 0.25) is 0 Å². The van der Waals surface area contributed by atoms with E-state index in [-0.39, 0.29) is 11.8 Å². The quantitative estimate of drug-likeness (QED) is 0.344. The number of rotatable bonds is 3. The Labute approximate surface area is 291 Å². The molecule has 0 radical (unpaired) electrons. The van der Waals surface area contributed by atoms with Crippen molar-refractivity contribution in [3.8, 4) is 0 Å². The maximum Gasteiger partial charge on any atom is 0.264 e. The van der Waals surface area contributed by atoms with Gasteiger partial charge in [-0.25, -0.2) is 0 Å². The first-order valence-electron chi connectivity index (χ1n) is 16.0. The van der Waals surface area contributed by atoms with Crippen LogP contribution in [-0.2, 0) is 30.0 Å². The molecule has 10 aliphatic heterocycles. The Hall–Kier alpha value is -2.76. The first kappa shape index (κ1) is 30.1. The van der Waals surface area contributed by atoms with Gasteiger partial charge in [0.2, 0.25) is 9.74 Å². The fraction of sp³-hybridized carbons (Fsp3) is 0.500.